The number of nitrogens with one attached hydrogen (secondary N) is 1. The lowest BCUT2D eigenvalue weighted by molar-refractivity contribution is -0.128. The minimum absolute atomic E-state index is 0.0158. The molecule has 2 amide bonds. The van der Waals surface area contributed by atoms with Crippen molar-refractivity contribution in [2.45, 2.75) is 11.8 Å². The molecular weight excluding hydrogens is 370 g/mol. The van der Waals surface area contributed by atoms with Crippen molar-refractivity contribution in [3.05, 3.63) is 71.3 Å². The molecule has 28 heavy (non-hydrogen) atoms. The van der Waals surface area contributed by atoms with E-state index in [0.717, 1.165) is 18.5 Å². The van der Waals surface area contributed by atoms with Crippen LogP contribution in [0.2, 0.25) is 0 Å². The van der Waals surface area contributed by atoms with Crippen LogP contribution in [0.5, 0.6) is 0 Å². The van der Waals surface area contributed by atoms with Gasteiger partial charge in [-0.15, -0.1) is 11.8 Å². The number of hydrogen-bond donors (Lipinski definition) is 1. The third-order valence-electron chi connectivity index (χ3n) is 4.75. The highest BCUT2D eigenvalue weighted by atomic mass is 32.2. The highest BCUT2D eigenvalue weighted by Crippen LogP contribution is 2.38. The van der Waals surface area contributed by atoms with E-state index >= 15 is 0 Å². The van der Waals surface area contributed by atoms with Gasteiger partial charge in [0.1, 0.15) is 5.37 Å². The molecule has 1 N–H and O–H groups in total. The van der Waals surface area contributed by atoms with Gasteiger partial charge in [0.2, 0.25) is 5.91 Å². The molecule has 0 unspecified atom stereocenters. The van der Waals surface area contributed by atoms with Crippen molar-refractivity contribution in [3.63, 3.8) is 0 Å². The van der Waals surface area contributed by atoms with Crippen molar-refractivity contribution < 1.29 is 9.59 Å². The van der Waals surface area contributed by atoms with E-state index in [1.54, 1.807) is 11.8 Å². The van der Waals surface area contributed by atoms with Gasteiger partial charge in [0.25, 0.3) is 5.91 Å². The maximum absolute atomic E-state index is 12.4. The molecule has 1 saturated heterocycles. The first-order chi connectivity index (χ1) is 13.5. The van der Waals surface area contributed by atoms with Crippen molar-refractivity contribution in [2.24, 2.45) is 0 Å². The Bertz CT molecular complexity index is 793. The molecule has 0 aromatic heterocycles. The van der Waals surface area contributed by atoms with Crippen molar-refractivity contribution in [1.82, 2.24) is 15.1 Å². The number of nitrogens with zero attached hydrogens (tertiary/aromatic N) is 2. The number of likely N-dealkylation sites (N-methyl/N-ethyl adjacent to an activating group) is 1. The third-order valence-corrected chi connectivity index (χ3v) is 6.01. The molecule has 2 aromatic carbocycles. The SMILES string of the molecule is CN(C)CCNC(=O)c1ccc([C@H]2SCC(=O)N2CCc2ccccc2)cc1. The molecule has 2 aromatic rings. The summed E-state index contributed by atoms with van der Waals surface area (Å²) >= 11 is 1.65. The average Bonchev–Trinajstić information content (AvgIpc) is 3.07. The maximum atomic E-state index is 12.4. The number of thioether (sulfide) groups is 1. The van der Waals surface area contributed by atoms with Crippen LogP contribution in [0.3, 0.4) is 0 Å². The molecule has 0 aliphatic carbocycles. The van der Waals surface area contributed by atoms with Gasteiger partial charge >= 0.3 is 0 Å². The van der Waals surface area contributed by atoms with Crippen LogP contribution in [0, 0.1) is 0 Å². The summed E-state index contributed by atoms with van der Waals surface area (Å²) in [6.07, 6.45) is 0.843. The second-order valence-electron chi connectivity index (χ2n) is 7.17. The van der Waals surface area contributed by atoms with E-state index in [-0.39, 0.29) is 17.2 Å². The molecule has 0 bridgehead atoms. The normalized spacial score (nSPS) is 16.6. The van der Waals surface area contributed by atoms with Gasteiger partial charge in [-0.1, -0.05) is 42.5 Å². The number of benzene rings is 2. The first-order valence-electron chi connectivity index (χ1n) is 9.52. The zero-order chi connectivity index (χ0) is 19.9. The molecule has 5 nitrogen and oxygen atoms in total. The van der Waals surface area contributed by atoms with Gasteiger partial charge in [0, 0.05) is 25.2 Å². The molecule has 148 valence electrons. The second kappa shape index (κ2) is 9.75. The van der Waals surface area contributed by atoms with Crippen LogP contribution in [0.4, 0.5) is 0 Å². The van der Waals surface area contributed by atoms with Gasteiger partial charge in [-0.3, -0.25) is 9.59 Å². The summed E-state index contributed by atoms with van der Waals surface area (Å²) in [4.78, 5) is 28.6. The Hall–Kier alpha value is -2.31. The summed E-state index contributed by atoms with van der Waals surface area (Å²) < 4.78 is 0. The average molecular weight is 398 g/mol. The van der Waals surface area contributed by atoms with Crippen LogP contribution >= 0.6 is 11.8 Å². The van der Waals surface area contributed by atoms with Crippen LogP contribution in [-0.4, -0.2) is 61.1 Å². The quantitative estimate of drug-likeness (QED) is 0.744. The number of rotatable bonds is 8. The molecule has 0 radical (unpaired) electrons. The summed E-state index contributed by atoms with van der Waals surface area (Å²) in [5.41, 5.74) is 2.94. The van der Waals surface area contributed by atoms with E-state index in [9.17, 15) is 9.59 Å². The van der Waals surface area contributed by atoms with Crippen molar-refractivity contribution in [2.75, 3.05) is 39.5 Å². The van der Waals surface area contributed by atoms with Gasteiger partial charge in [-0.25, -0.2) is 0 Å². The Kier molecular flexibility index (Phi) is 7.12. The van der Waals surface area contributed by atoms with Crippen molar-refractivity contribution in [1.29, 1.82) is 0 Å². The fraction of sp³-hybridized carbons (Fsp3) is 0.364. The molecule has 6 heteroatoms. The van der Waals surface area contributed by atoms with E-state index in [2.05, 4.69) is 17.4 Å². The Morgan fingerprint density at radius 2 is 1.86 bits per heavy atom. The molecule has 0 spiro atoms. The fourth-order valence-electron chi connectivity index (χ4n) is 3.16. The van der Waals surface area contributed by atoms with Gasteiger partial charge in [0.15, 0.2) is 0 Å². The number of carbonyl (C=O) groups is 2. The van der Waals surface area contributed by atoms with Crippen molar-refractivity contribution in [3.8, 4) is 0 Å². The van der Waals surface area contributed by atoms with Gasteiger partial charge in [-0.05, 0) is 43.8 Å². The van der Waals surface area contributed by atoms with Gasteiger partial charge in [0.05, 0.1) is 5.75 Å². The predicted octanol–water partition coefficient (Wildman–Crippen LogP) is 2.79. The first-order valence-corrected chi connectivity index (χ1v) is 10.6. The Labute approximate surface area is 171 Å². The summed E-state index contributed by atoms with van der Waals surface area (Å²) in [5.74, 6) is 0.618. The minimum Gasteiger partial charge on any atom is -0.351 e. The van der Waals surface area contributed by atoms with Crippen LogP contribution in [0.1, 0.15) is 26.9 Å². The number of carbonyl (C=O) groups excluding carboxylic acids is 2. The number of hydrogen-bond acceptors (Lipinski definition) is 4. The zero-order valence-corrected chi connectivity index (χ0v) is 17.2. The van der Waals surface area contributed by atoms with Gasteiger partial charge in [-0.2, -0.15) is 0 Å². The molecule has 1 atom stereocenters. The summed E-state index contributed by atoms with van der Waals surface area (Å²) in [5, 5.41) is 2.94. The van der Waals surface area contributed by atoms with Crippen LogP contribution in [0.15, 0.2) is 54.6 Å². The highest BCUT2D eigenvalue weighted by Gasteiger charge is 2.32. The highest BCUT2D eigenvalue weighted by molar-refractivity contribution is 8.00. The van der Waals surface area contributed by atoms with Crippen LogP contribution < -0.4 is 5.32 Å². The van der Waals surface area contributed by atoms with E-state index < -0.39 is 0 Å². The topological polar surface area (TPSA) is 52.7 Å². The van der Waals surface area contributed by atoms with Crippen molar-refractivity contribution >= 4 is 23.6 Å². The summed E-state index contributed by atoms with van der Waals surface area (Å²) in [6.45, 7) is 2.13. The minimum atomic E-state index is -0.0653. The third kappa shape index (κ3) is 5.36. The number of amides is 2. The Morgan fingerprint density at radius 3 is 2.54 bits per heavy atom. The molecule has 0 saturated carbocycles. The molecular formula is C22H27N3O2S. The molecule has 1 aliphatic heterocycles. The molecule has 1 heterocycles. The fourth-order valence-corrected chi connectivity index (χ4v) is 4.38. The monoisotopic (exact) mass is 397 g/mol. The lowest BCUT2D eigenvalue weighted by Crippen LogP contribution is -2.31. The first kappa shape index (κ1) is 20.4. The van der Waals surface area contributed by atoms with E-state index in [4.69, 9.17) is 0 Å². The van der Waals surface area contributed by atoms with E-state index in [0.29, 0.717) is 24.4 Å². The van der Waals surface area contributed by atoms with Crippen LogP contribution in [0.25, 0.3) is 0 Å². The van der Waals surface area contributed by atoms with Crippen LogP contribution in [-0.2, 0) is 11.2 Å². The Morgan fingerprint density at radius 1 is 1.14 bits per heavy atom. The standard InChI is InChI=1S/C22H27N3O2S/c1-24(2)15-13-23-21(27)18-8-10-19(11-9-18)22-25(20(26)16-28-22)14-12-17-6-4-3-5-7-17/h3-11,22H,12-16H2,1-2H3,(H,23,27)/t22-/m1/s1. The summed E-state index contributed by atoms with van der Waals surface area (Å²) in [6, 6.07) is 17.9. The lowest BCUT2D eigenvalue weighted by Gasteiger charge is -2.24. The molecule has 1 fully saturated rings. The largest absolute Gasteiger partial charge is 0.351 e. The second-order valence-corrected chi connectivity index (χ2v) is 8.24. The van der Waals surface area contributed by atoms with Gasteiger partial charge < -0.3 is 15.1 Å². The lowest BCUT2D eigenvalue weighted by atomic mass is 10.1. The summed E-state index contributed by atoms with van der Waals surface area (Å²) in [7, 11) is 3.95. The smallest absolute Gasteiger partial charge is 0.251 e. The maximum Gasteiger partial charge on any atom is 0.251 e. The Balaban J connectivity index is 1.61. The van der Waals surface area contributed by atoms with E-state index in [1.165, 1.54) is 5.56 Å². The molecule has 3 rings (SSSR count). The zero-order valence-electron chi connectivity index (χ0n) is 16.4. The molecule has 1 aliphatic rings. The predicted molar refractivity (Wildman–Crippen MR) is 114 cm³/mol. The van der Waals surface area contributed by atoms with E-state index in [1.807, 2.05) is 66.4 Å².